The molecule has 1 aliphatic carbocycles. The van der Waals surface area contributed by atoms with Crippen LogP contribution in [0.3, 0.4) is 0 Å². The van der Waals surface area contributed by atoms with Gasteiger partial charge in [-0.1, -0.05) is 62.4 Å². The summed E-state index contributed by atoms with van der Waals surface area (Å²) in [6.07, 6.45) is 8.55. The molecule has 1 heterocycles. The fourth-order valence-electron chi connectivity index (χ4n) is 6.08. The van der Waals surface area contributed by atoms with Crippen LogP contribution < -0.4 is 4.74 Å². The van der Waals surface area contributed by atoms with Gasteiger partial charge in [0.25, 0.3) is 0 Å². The van der Waals surface area contributed by atoms with Crippen LogP contribution in [0.2, 0.25) is 0 Å². The van der Waals surface area contributed by atoms with E-state index in [2.05, 4.69) is 102 Å². The van der Waals surface area contributed by atoms with Crippen molar-refractivity contribution >= 4 is 22.9 Å². The van der Waals surface area contributed by atoms with Gasteiger partial charge in [-0.2, -0.15) is 0 Å². The van der Waals surface area contributed by atoms with Crippen molar-refractivity contribution in [2.45, 2.75) is 45.7 Å². The zero-order chi connectivity index (χ0) is 29.3. The average molecular weight is 566 g/mol. The molecule has 1 unspecified atom stereocenters. The molecule has 0 amide bonds. The Balaban J connectivity index is 1.35. The summed E-state index contributed by atoms with van der Waals surface area (Å²) in [5.74, 6) is 0.598. The number of nitrogens with zero attached hydrogens (tertiary/aromatic N) is 2. The summed E-state index contributed by atoms with van der Waals surface area (Å²) in [5, 5.41) is 1.30. The Hall–Kier alpha value is -3.87. The zero-order valence-electron chi connectivity index (χ0n) is 25.1. The Morgan fingerprint density at radius 2 is 1.88 bits per heavy atom. The van der Waals surface area contributed by atoms with Crippen LogP contribution in [0.15, 0.2) is 79.0 Å². The molecule has 6 nitrogen and oxygen atoms in total. The van der Waals surface area contributed by atoms with Gasteiger partial charge < -0.3 is 19.4 Å². The van der Waals surface area contributed by atoms with Crippen LogP contribution in [0.25, 0.3) is 17.0 Å². The van der Waals surface area contributed by atoms with Crippen LogP contribution >= 0.6 is 0 Å². The highest BCUT2D eigenvalue weighted by Gasteiger charge is 2.28. The molecular weight excluding hydrogens is 522 g/mol. The number of aromatic amines is 1. The van der Waals surface area contributed by atoms with Crippen LogP contribution in [0, 0.1) is 0 Å². The number of ether oxygens (including phenoxy) is 2. The lowest BCUT2D eigenvalue weighted by molar-refractivity contribution is -0.134. The van der Waals surface area contributed by atoms with Gasteiger partial charge >= 0.3 is 5.97 Å². The molecule has 0 spiro atoms. The smallest absolute Gasteiger partial charge is 0.330 e. The molecule has 0 radical (unpaired) electrons. The van der Waals surface area contributed by atoms with Crippen LogP contribution in [0.5, 0.6) is 5.75 Å². The Labute approximate surface area is 249 Å². The van der Waals surface area contributed by atoms with Gasteiger partial charge in [0, 0.05) is 48.9 Å². The van der Waals surface area contributed by atoms with E-state index in [9.17, 15) is 4.79 Å². The van der Waals surface area contributed by atoms with E-state index in [1.165, 1.54) is 46.3 Å². The van der Waals surface area contributed by atoms with E-state index in [-0.39, 0.29) is 5.97 Å². The Kier molecular flexibility index (Phi) is 10.1. The fourth-order valence-corrected chi connectivity index (χ4v) is 6.08. The van der Waals surface area contributed by atoms with Crippen molar-refractivity contribution < 1.29 is 14.3 Å². The molecule has 5 rings (SSSR count). The number of esters is 1. The summed E-state index contributed by atoms with van der Waals surface area (Å²) < 4.78 is 10.9. The van der Waals surface area contributed by atoms with Gasteiger partial charge in [0.2, 0.25) is 0 Å². The lowest BCUT2D eigenvalue weighted by Gasteiger charge is -2.30. The number of aromatic nitrogens is 1. The van der Waals surface area contributed by atoms with E-state index >= 15 is 0 Å². The normalized spacial score (nSPS) is 14.7. The Morgan fingerprint density at radius 3 is 2.71 bits per heavy atom. The summed E-state index contributed by atoms with van der Waals surface area (Å²) >= 11 is 0. The van der Waals surface area contributed by atoms with E-state index in [4.69, 9.17) is 9.47 Å². The molecular formula is C36H43N3O3. The number of rotatable bonds is 14. The maximum Gasteiger partial charge on any atom is 0.330 e. The number of fused-ring (bicyclic) bond motifs is 2. The minimum absolute atomic E-state index is 0.330. The first-order chi connectivity index (χ1) is 20.6. The minimum atomic E-state index is -0.337. The number of carbonyl (C=O) groups excluding carboxylic acids is 1. The van der Waals surface area contributed by atoms with Gasteiger partial charge in [0.05, 0.1) is 7.11 Å². The highest BCUT2D eigenvalue weighted by Crippen LogP contribution is 2.38. The van der Waals surface area contributed by atoms with Crippen molar-refractivity contribution in [3.05, 3.63) is 107 Å². The molecule has 1 atom stereocenters. The van der Waals surface area contributed by atoms with Crippen LogP contribution in [0.4, 0.5) is 0 Å². The van der Waals surface area contributed by atoms with Crippen molar-refractivity contribution in [1.29, 1.82) is 0 Å². The fraction of sp³-hybridized carbons (Fsp3) is 0.361. The Bertz CT molecular complexity index is 1500. The molecule has 3 aromatic carbocycles. The molecule has 4 aromatic rings. The van der Waals surface area contributed by atoms with E-state index in [0.717, 1.165) is 63.3 Å². The van der Waals surface area contributed by atoms with Crippen LogP contribution in [0.1, 0.15) is 54.1 Å². The molecule has 0 aliphatic heterocycles. The second kappa shape index (κ2) is 14.3. The number of hydrogen-bond acceptors (Lipinski definition) is 5. The molecule has 1 aromatic heterocycles. The lowest BCUT2D eigenvalue weighted by Crippen LogP contribution is -2.29. The largest absolute Gasteiger partial charge is 0.492 e. The predicted molar refractivity (Wildman–Crippen MR) is 171 cm³/mol. The van der Waals surface area contributed by atoms with Crippen molar-refractivity contribution in [2.24, 2.45) is 0 Å². The van der Waals surface area contributed by atoms with Crippen LogP contribution in [-0.2, 0) is 28.9 Å². The number of aryl methyl sites for hydroxylation is 1. The first kappa shape index (κ1) is 29.6. The third-order valence-electron chi connectivity index (χ3n) is 8.47. The van der Waals surface area contributed by atoms with Crippen molar-refractivity contribution in [3.8, 4) is 5.75 Å². The van der Waals surface area contributed by atoms with Crippen molar-refractivity contribution in [3.63, 3.8) is 0 Å². The first-order valence-electron chi connectivity index (χ1n) is 15.2. The van der Waals surface area contributed by atoms with Crippen LogP contribution in [-0.4, -0.2) is 60.6 Å². The summed E-state index contributed by atoms with van der Waals surface area (Å²) in [4.78, 5) is 20.0. The van der Waals surface area contributed by atoms with Gasteiger partial charge in [-0.3, -0.25) is 4.90 Å². The molecule has 0 saturated heterocycles. The highest BCUT2D eigenvalue weighted by atomic mass is 16.5. The first-order valence-corrected chi connectivity index (χ1v) is 15.2. The monoisotopic (exact) mass is 565 g/mol. The number of para-hydroxylation sites is 1. The van der Waals surface area contributed by atoms with E-state index in [1.54, 1.807) is 0 Å². The summed E-state index contributed by atoms with van der Waals surface area (Å²) in [6.45, 7) is 9.88. The molecule has 1 N–H and O–H groups in total. The van der Waals surface area contributed by atoms with Crippen molar-refractivity contribution in [1.82, 2.24) is 14.8 Å². The van der Waals surface area contributed by atoms with Crippen molar-refractivity contribution in [2.75, 3.05) is 39.9 Å². The van der Waals surface area contributed by atoms with E-state index in [1.807, 2.05) is 6.08 Å². The summed E-state index contributed by atoms with van der Waals surface area (Å²) in [5.41, 5.74) is 7.58. The Morgan fingerprint density at radius 1 is 1.02 bits per heavy atom. The molecule has 42 heavy (non-hydrogen) atoms. The lowest BCUT2D eigenvalue weighted by atomic mass is 10.0. The predicted octanol–water partition coefficient (Wildman–Crippen LogP) is 6.81. The number of nitrogens with one attached hydrogen (secondary N) is 1. The van der Waals surface area contributed by atoms with Gasteiger partial charge in [-0.05, 0) is 84.4 Å². The maximum atomic E-state index is 11.6. The molecule has 6 heteroatoms. The minimum Gasteiger partial charge on any atom is -0.492 e. The van der Waals surface area contributed by atoms with Gasteiger partial charge in [0.1, 0.15) is 12.4 Å². The van der Waals surface area contributed by atoms with Gasteiger partial charge in [0.15, 0.2) is 0 Å². The number of likely N-dealkylation sites (N-methyl/N-ethyl adjacent to an activating group) is 1. The number of hydrogen-bond donors (Lipinski definition) is 1. The molecule has 0 saturated carbocycles. The highest BCUT2D eigenvalue weighted by molar-refractivity contribution is 5.87. The second-order valence-electron chi connectivity index (χ2n) is 11.0. The topological polar surface area (TPSA) is 57.8 Å². The number of H-pyrrole nitrogens is 1. The third-order valence-corrected chi connectivity index (χ3v) is 8.47. The van der Waals surface area contributed by atoms with E-state index in [0.29, 0.717) is 12.6 Å². The third kappa shape index (κ3) is 7.30. The van der Waals surface area contributed by atoms with Gasteiger partial charge in [-0.25, -0.2) is 4.79 Å². The van der Waals surface area contributed by atoms with Gasteiger partial charge in [-0.15, -0.1) is 0 Å². The summed E-state index contributed by atoms with van der Waals surface area (Å²) in [7, 11) is 1.40. The zero-order valence-corrected chi connectivity index (χ0v) is 25.1. The standard InChI is InChI=1S/C36H43N3O3/c1-4-38(5-2)21-22-42-31-10-8-9-28(24-31)26-39(20-19-30-25-37-34-12-7-6-11-32(30)34)35-17-15-29-23-27(13-16-33(29)35)14-18-36(40)41-3/h6-14,16,18,23-25,35,37H,4-5,15,17,19-22,26H2,1-3H3/b18-14+. The average Bonchev–Trinajstić information content (AvgIpc) is 3.64. The molecule has 0 fully saturated rings. The second-order valence-corrected chi connectivity index (χ2v) is 11.0. The number of methoxy groups -OCH3 is 1. The quantitative estimate of drug-likeness (QED) is 0.135. The molecule has 1 aliphatic rings. The maximum absolute atomic E-state index is 11.6. The molecule has 220 valence electrons. The SMILES string of the molecule is CCN(CC)CCOc1cccc(CN(CCc2c[nH]c3ccccc23)C2CCc3cc(/C=C/C(=O)OC)ccc32)c1. The van der Waals surface area contributed by atoms with E-state index < -0.39 is 0 Å². The molecule has 0 bridgehead atoms. The number of benzene rings is 3. The number of carbonyl (C=O) groups is 1. The summed E-state index contributed by atoms with van der Waals surface area (Å²) in [6, 6.07) is 24.0.